The second kappa shape index (κ2) is 2.35. The largest absolute Gasteiger partial charge is 0.359 e. The molecule has 0 aliphatic carbocycles. The molecule has 1 aliphatic rings. The highest BCUT2D eigenvalue weighted by Crippen LogP contribution is 2.07. The van der Waals surface area contributed by atoms with Crippen LogP contribution in [0.25, 0.3) is 0 Å². The van der Waals surface area contributed by atoms with E-state index in [-0.39, 0.29) is 11.9 Å². The van der Waals surface area contributed by atoms with Gasteiger partial charge in [0.05, 0.1) is 12.6 Å². The van der Waals surface area contributed by atoms with Crippen LogP contribution >= 0.6 is 0 Å². The molecule has 1 fully saturated rings. The third-order valence-corrected chi connectivity index (χ3v) is 1.53. The van der Waals surface area contributed by atoms with Crippen LogP contribution in [0.5, 0.6) is 0 Å². The predicted octanol–water partition coefficient (Wildman–Crippen LogP) is 0.211. The minimum Gasteiger partial charge on any atom is -0.359 e. The number of carbonyl (C=O) groups is 1. The summed E-state index contributed by atoms with van der Waals surface area (Å²) in [5, 5.41) is 0. The van der Waals surface area contributed by atoms with Crippen molar-refractivity contribution in [2.75, 3.05) is 13.3 Å². The highest BCUT2D eigenvalue weighted by molar-refractivity contribution is 5.73. The monoisotopic (exact) mass is 129 g/mol. The van der Waals surface area contributed by atoms with Crippen molar-refractivity contribution in [3.8, 4) is 0 Å². The lowest BCUT2D eigenvalue weighted by atomic mass is 10.3. The second-order valence-electron chi connectivity index (χ2n) is 2.34. The highest BCUT2D eigenvalue weighted by atomic mass is 16.5. The topological polar surface area (TPSA) is 29.5 Å². The van der Waals surface area contributed by atoms with Crippen molar-refractivity contribution < 1.29 is 9.53 Å². The molecule has 0 spiro atoms. The van der Waals surface area contributed by atoms with Gasteiger partial charge in [0.2, 0.25) is 5.91 Å². The van der Waals surface area contributed by atoms with Gasteiger partial charge in [0.15, 0.2) is 0 Å². The Kier molecular flexibility index (Phi) is 1.71. The predicted molar refractivity (Wildman–Crippen MR) is 32.8 cm³/mol. The number of nitrogens with zero attached hydrogens (tertiary/aromatic N) is 1. The Morgan fingerprint density at radius 1 is 1.78 bits per heavy atom. The van der Waals surface area contributed by atoms with E-state index < -0.39 is 0 Å². The summed E-state index contributed by atoms with van der Waals surface area (Å²) in [5.74, 6) is 0.0972. The van der Waals surface area contributed by atoms with Crippen molar-refractivity contribution in [1.29, 1.82) is 0 Å². The maximum absolute atomic E-state index is 10.7. The molecule has 0 aromatic rings. The fraction of sp³-hybridized carbons (Fsp3) is 0.833. The number of rotatable bonds is 0. The van der Waals surface area contributed by atoms with Crippen LogP contribution < -0.4 is 0 Å². The average Bonchev–Trinajstić information content (AvgIpc) is 2.13. The summed E-state index contributed by atoms with van der Waals surface area (Å²) < 4.78 is 5.04. The van der Waals surface area contributed by atoms with Gasteiger partial charge in [-0.2, -0.15) is 0 Å². The summed E-state index contributed by atoms with van der Waals surface area (Å²) in [6.45, 7) is 4.69. The molecule has 0 bridgehead atoms. The minimum atomic E-state index is 0.0972. The van der Waals surface area contributed by atoms with Crippen LogP contribution in [0.2, 0.25) is 0 Å². The maximum Gasteiger partial charge on any atom is 0.221 e. The van der Waals surface area contributed by atoms with E-state index in [4.69, 9.17) is 4.74 Å². The van der Waals surface area contributed by atoms with Gasteiger partial charge in [0, 0.05) is 6.92 Å². The lowest BCUT2D eigenvalue weighted by Crippen LogP contribution is -2.32. The third kappa shape index (κ3) is 1.21. The Labute approximate surface area is 54.6 Å². The van der Waals surface area contributed by atoms with Crippen molar-refractivity contribution in [2.45, 2.75) is 19.9 Å². The van der Waals surface area contributed by atoms with Crippen molar-refractivity contribution in [1.82, 2.24) is 4.90 Å². The van der Waals surface area contributed by atoms with Gasteiger partial charge in [-0.05, 0) is 6.92 Å². The van der Waals surface area contributed by atoms with Gasteiger partial charge in [0.25, 0.3) is 0 Å². The molecule has 0 unspecified atom stereocenters. The van der Waals surface area contributed by atoms with E-state index in [1.165, 1.54) is 0 Å². The quantitative estimate of drug-likeness (QED) is 0.468. The van der Waals surface area contributed by atoms with Crippen LogP contribution in [-0.4, -0.2) is 30.2 Å². The van der Waals surface area contributed by atoms with Crippen LogP contribution in [-0.2, 0) is 9.53 Å². The fourth-order valence-electron chi connectivity index (χ4n) is 0.940. The van der Waals surface area contributed by atoms with Gasteiger partial charge in [-0.15, -0.1) is 0 Å². The summed E-state index contributed by atoms with van der Waals surface area (Å²) in [7, 11) is 0. The Morgan fingerprint density at radius 3 is 2.67 bits per heavy atom. The molecule has 1 saturated heterocycles. The molecule has 0 aromatic carbocycles. The van der Waals surface area contributed by atoms with E-state index in [1.54, 1.807) is 11.8 Å². The van der Waals surface area contributed by atoms with Crippen molar-refractivity contribution in [3.63, 3.8) is 0 Å². The Bertz CT molecular complexity index is 124. The van der Waals surface area contributed by atoms with Gasteiger partial charge in [-0.3, -0.25) is 4.79 Å². The van der Waals surface area contributed by atoms with Gasteiger partial charge >= 0.3 is 0 Å². The van der Waals surface area contributed by atoms with Gasteiger partial charge < -0.3 is 9.64 Å². The summed E-state index contributed by atoms with van der Waals surface area (Å²) in [6, 6.07) is 0.266. The van der Waals surface area contributed by atoms with Gasteiger partial charge in [-0.1, -0.05) is 0 Å². The number of carbonyl (C=O) groups excluding carboxylic acids is 1. The first kappa shape index (κ1) is 6.55. The van der Waals surface area contributed by atoms with E-state index in [0.29, 0.717) is 13.3 Å². The normalized spacial score (nSPS) is 26.9. The van der Waals surface area contributed by atoms with Crippen LogP contribution in [0.15, 0.2) is 0 Å². The van der Waals surface area contributed by atoms with E-state index in [9.17, 15) is 4.79 Å². The molecule has 1 amide bonds. The standard InChI is InChI=1S/C6H11NO2/c1-5-3-9-4-7(5)6(2)8/h5H,3-4H2,1-2H3/t5-/m1/s1. The maximum atomic E-state index is 10.7. The third-order valence-electron chi connectivity index (χ3n) is 1.53. The first-order valence-electron chi connectivity index (χ1n) is 3.07. The molecular formula is C6H11NO2. The minimum absolute atomic E-state index is 0.0972. The molecular weight excluding hydrogens is 118 g/mol. The van der Waals surface area contributed by atoms with E-state index >= 15 is 0 Å². The molecule has 0 N–H and O–H groups in total. The number of hydrogen-bond donors (Lipinski definition) is 0. The zero-order chi connectivity index (χ0) is 6.85. The summed E-state index contributed by atoms with van der Waals surface area (Å²) in [5.41, 5.74) is 0. The Hall–Kier alpha value is -0.570. The molecule has 9 heavy (non-hydrogen) atoms. The fourth-order valence-corrected chi connectivity index (χ4v) is 0.940. The molecule has 1 heterocycles. The van der Waals surface area contributed by atoms with E-state index in [0.717, 1.165) is 0 Å². The van der Waals surface area contributed by atoms with Crippen molar-refractivity contribution in [2.24, 2.45) is 0 Å². The first-order valence-corrected chi connectivity index (χ1v) is 3.07. The van der Waals surface area contributed by atoms with E-state index in [2.05, 4.69) is 0 Å². The van der Waals surface area contributed by atoms with Crippen molar-refractivity contribution in [3.05, 3.63) is 0 Å². The zero-order valence-corrected chi connectivity index (χ0v) is 5.76. The summed E-state index contributed by atoms with van der Waals surface area (Å²) >= 11 is 0. The SMILES string of the molecule is CC(=O)N1COC[C@H]1C. The average molecular weight is 129 g/mol. The molecule has 3 heteroatoms. The molecule has 1 aliphatic heterocycles. The smallest absolute Gasteiger partial charge is 0.221 e. The molecule has 1 rings (SSSR count). The van der Waals surface area contributed by atoms with Crippen LogP contribution in [0, 0.1) is 0 Å². The molecule has 0 radical (unpaired) electrons. The summed E-state index contributed by atoms with van der Waals surface area (Å²) in [6.07, 6.45) is 0. The lowest BCUT2D eigenvalue weighted by molar-refractivity contribution is -0.130. The summed E-state index contributed by atoms with van der Waals surface area (Å²) in [4.78, 5) is 12.4. The van der Waals surface area contributed by atoms with Crippen molar-refractivity contribution >= 4 is 5.91 Å². The van der Waals surface area contributed by atoms with E-state index in [1.807, 2.05) is 6.92 Å². The van der Waals surface area contributed by atoms with Gasteiger partial charge in [0.1, 0.15) is 6.73 Å². The van der Waals surface area contributed by atoms with Crippen LogP contribution in [0.1, 0.15) is 13.8 Å². The highest BCUT2D eigenvalue weighted by Gasteiger charge is 2.22. The van der Waals surface area contributed by atoms with Gasteiger partial charge in [-0.25, -0.2) is 0 Å². The Morgan fingerprint density at radius 2 is 2.44 bits per heavy atom. The number of amides is 1. The van der Waals surface area contributed by atoms with Crippen LogP contribution in [0.4, 0.5) is 0 Å². The molecule has 3 nitrogen and oxygen atoms in total. The Balaban J connectivity index is 2.49. The number of hydrogen-bond acceptors (Lipinski definition) is 2. The van der Waals surface area contributed by atoms with Crippen LogP contribution in [0.3, 0.4) is 0 Å². The lowest BCUT2D eigenvalue weighted by Gasteiger charge is -2.15. The molecule has 52 valence electrons. The number of ether oxygens (including phenoxy) is 1. The molecule has 1 atom stereocenters. The second-order valence-corrected chi connectivity index (χ2v) is 2.34. The molecule has 0 aromatic heterocycles. The molecule has 0 saturated carbocycles. The first-order chi connectivity index (χ1) is 4.22. The zero-order valence-electron chi connectivity index (χ0n) is 5.76.